The fourth-order valence-corrected chi connectivity index (χ4v) is 3.42. The van der Waals surface area contributed by atoms with Crippen LogP contribution < -0.4 is 14.8 Å². The van der Waals surface area contributed by atoms with Crippen LogP contribution in [0.4, 0.5) is 5.69 Å². The molecule has 0 saturated carbocycles. The molecule has 0 saturated heterocycles. The smallest absolute Gasteiger partial charge is 0.349 e. The Bertz CT molecular complexity index is 1420. The number of aliphatic carboxylic acids is 1. The van der Waals surface area contributed by atoms with Gasteiger partial charge in [-0.2, -0.15) is 0 Å². The van der Waals surface area contributed by atoms with E-state index in [4.69, 9.17) is 18.9 Å². The molecular formula is C28H25NO11. The van der Waals surface area contributed by atoms with E-state index in [9.17, 15) is 29.1 Å². The van der Waals surface area contributed by atoms with Crippen molar-refractivity contribution >= 4 is 35.5 Å². The van der Waals surface area contributed by atoms with Gasteiger partial charge in [0.1, 0.15) is 11.5 Å². The Balaban J connectivity index is 1.95. The quantitative estimate of drug-likeness (QED) is 0.266. The number of carboxylic acids is 1. The first-order valence-electron chi connectivity index (χ1n) is 11.6. The average Bonchev–Trinajstić information content (AvgIpc) is 2.98. The monoisotopic (exact) mass is 551 g/mol. The van der Waals surface area contributed by atoms with Gasteiger partial charge in [0.25, 0.3) is 5.91 Å². The molecule has 12 heteroatoms. The van der Waals surface area contributed by atoms with Gasteiger partial charge in [-0.1, -0.05) is 18.2 Å². The van der Waals surface area contributed by atoms with E-state index in [2.05, 4.69) is 10.1 Å². The van der Waals surface area contributed by atoms with Crippen LogP contribution in [0.3, 0.4) is 0 Å². The van der Waals surface area contributed by atoms with Gasteiger partial charge in [0.15, 0.2) is 0 Å². The molecule has 12 nitrogen and oxygen atoms in total. The fourth-order valence-electron chi connectivity index (χ4n) is 3.42. The molecule has 0 bridgehead atoms. The highest BCUT2D eigenvalue weighted by molar-refractivity contribution is 6.02. The molecule has 2 N–H and O–H groups in total. The van der Waals surface area contributed by atoms with Crippen LogP contribution in [0.1, 0.15) is 31.1 Å². The van der Waals surface area contributed by atoms with E-state index in [0.29, 0.717) is 11.5 Å². The summed E-state index contributed by atoms with van der Waals surface area (Å²) in [5.74, 6) is -5.21. The number of methoxy groups -OCH3 is 3. The number of esters is 3. The van der Waals surface area contributed by atoms with E-state index in [-0.39, 0.29) is 22.4 Å². The SMILES string of the molecule is COC(=O)c1cccc(NC(=O)[C@@H](OC(=O)c2cccc(OC)c2)[C@@H](OC(=O)c2cccc(OC)c2)C(=O)O)c1. The van der Waals surface area contributed by atoms with Crippen molar-refractivity contribution < 1.29 is 52.8 Å². The Labute approximate surface area is 228 Å². The highest BCUT2D eigenvalue weighted by Crippen LogP contribution is 2.20. The lowest BCUT2D eigenvalue weighted by Gasteiger charge is -2.23. The summed E-state index contributed by atoms with van der Waals surface area (Å²) >= 11 is 0. The van der Waals surface area contributed by atoms with Crippen LogP contribution >= 0.6 is 0 Å². The van der Waals surface area contributed by atoms with Gasteiger partial charge < -0.3 is 34.1 Å². The lowest BCUT2D eigenvalue weighted by atomic mass is 10.1. The molecule has 1 amide bonds. The Hall–Kier alpha value is -5.39. The van der Waals surface area contributed by atoms with Gasteiger partial charge in [-0.3, -0.25) is 4.79 Å². The molecule has 0 unspecified atom stereocenters. The third kappa shape index (κ3) is 7.34. The molecule has 0 spiro atoms. The van der Waals surface area contributed by atoms with Gasteiger partial charge >= 0.3 is 23.9 Å². The summed E-state index contributed by atoms with van der Waals surface area (Å²) in [5.41, 5.74) is 0.00538. The minimum Gasteiger partial charge on any atom is -0.497 e. The third-order valence-electron chi connectivity index (χ3n) is 5.41. The van der Waals surface area contributed by atoms with E-state index in [1.165, 1.54) is 82.0 Å². The van der Waals surface area contributed by atoms with Crippen molar-refractivity contribution in [2.45, 2.75) is 12.2 Å². The zero-order valence-corrected chi connectivity index (χ0v) is 21.6. The largest absolute Gasteiger partial charge is 0.497 e. The maximum absolute atomic E-state index is 13.3. The van der Waals surface area contributed by atoms with E-state index >= 15 is 0 Å². The van der Waals surface area contributed by atoms with Gasteiger partial charge in [0.2, 0.25) is 12.2 Å². The van der Waals surface area contributed by atoms with Crippen molar-refractivity contribution in [2.24, 2.45) is 0 Å². The van der Waals surface area contributed by atoms with Crippen LogP contribution in [-0.2, 0) is 23.8 Å². The number of carboxylic acid groups (broad SMARTS) is 1. The highest BCUT2D eigenvalue weighted by atomic mass is 16.6. The Morgan fingerprint density at radius 3 is 1.60 bits per heavy atom. The zero-order chi connectivity index (χ0) is 29.2. The molecule has 0 fully saturated rings. The zero-order valence-electron chi connectivity index (χ0n) is 21.6. The molecule has 3 rings (SSSR count). The number of amides is 1. The third-order valence-corrected chi connectivity index (χ3v) is 5.41. The fraction of sp³-hybridized carbons (Fsp3) is 0.179. The summed E-state index contributed by atoms with van der Waals surface area (Å²) in [4.78, 5) is 63.2. The van der Waals surface area contributed by atoms with Crippen LogP contribution in [0.25, 0.3) is 0 Å². The van der Waals surface area contributed by atoms with E-state index in [1.807, 2.05) is 0 Å². The second kappa shape index (κ2) is 13.4. The molecule has 0 heterocycles. The summed E-state index contributed by atoms with van der Waals surface area (Å²) in [6.07, 6.45) is -4.43. The van der Waals surface area contributed by atoms with Crippen LogP contribution in [0, 0.1) is 0 Å². The van der Waals surface area contributed by atoms with Gasteiger partial charge in [0.05, 0.1) is 38.0 Å². The molecule has 40 heavy (non-hydrogen) atoms. The number of anilines is 1. The number of carbonyl (C=O) groups is 5. The lowest BCUT2D eigenvalue weighted by molar-refractivity contribution is -0.157. The minimum absolute atomic E-state index is 0.0543. The first-order valence-corrected chi connectivity index (χ1v) is 11.6. The first-order chi connectivity index (χ1) is 19.2. The molecular weight excluding hydrogens is 526 g/mol. The molecule has 0 radical (unpaired) electrons. The van der Waals surface area contributed by atoms with Crippen molar-refractivity contribution in [3.63, 3.8) is 0 Å². The predicted octanol–water partition coefficient (Wildman–Crippen LogP) is 2.96. The summed E-state index contributed by atoms with van der Waals surface area (Å²) in [6.45, 7) is 0. The Morgan fingerprint density at radius 1 is 0.650 bits per heavy atom. The number of ether oxygens (including phenoxy) is 5. The molecule has 0 aliphatic carbocycles. The molecule has 0 aromatic heterocycles. The topological polar surface area (TPSA) is 164 Å². The normalized spacial score (nSPS) is 11.8. The van der Waals surface area contributed by atoms with Crippen molar-refractivity contribution in [3.05, 3.63) is 89.5 Å². The van der Waals surface area contributed by atoms with Crippen LogP contribution in [0.2, 0.25) is 0 Å². The Morgan fingerprint density at radius 2 is 1.12 bits per heavy atom. The van der Waals surface area contributed by atoms with Crippen LogP contribution in [0.5, 0.6) is 11.5 Å². The summed E-state index contributed by atoms with van der Waals surface area (Å²) in [6, 6.07) is 16.9. The first kappa shape index (κ1) is 29.2. The Kier molecular flexibility index (Phi) is 9.79. The molecule has 3 aromatic carbocycles. The number of hydrogen-bond acceptors (Lipinski definition) is 10. The number of nitrogens with one attached hydrogen (secondary N) is 1. The van der Waals surface area contributed by atoms with Crippen molar-refractivity contribution in [1.29, 1.82) is 0 Å². The maximum atomic E-state index is 13.3. The van der Waals surface area contributed by atoms with Crippen molar-refractivity contribution in [1.82, 2.24) is 0 Å². The molecule has 208 valence electrons. The number of benzene rings is 3. The van der Waals surface area contributed by atoms with Gasteiger partial charge in [-0.05, 0) is 54.6 Å². The van der Waals surface area contributed by atoms with Gasteiger partial charge in [-0.25, -0.2) is 19.2 Å². The number of rotatable bonds is 11. The number of carbonyl (C=O) groups excluding carboxylic acids is 4. The predicted molar refractivity (Wildman–Crippen MR) is 138 cm³/mol. The molecule has 0 aliphatic heterocycles. The van der Waals surface area contributed by atoms with Crippen LogP contribution in [-0.4, -0.2) is 68.4 Å². The maximum Gasteiger partial charge on any atom is 0.349 e. The summed E-state index contributed by atoms with van der Waals surface area (Å²) in [5, 5.41) is 12.3. The second-order valence-electron chi connectivity index (χ2n) is 8.02. The standard InChI is InChI=1S/C28H25NO11/c1-36-20-11-5-8-17(14-20)27(34)39-22(24(30)29-19-10-4-7-16(13-19)26(33)38-3)23(25(31)32)40-28(35)18-9-6-12-21(15-18)37-2/h4-15,22-23H,1-3H3,(H,29,30)(H,31,32)/t22-,23+/m0/s1. The van der Waals surface area contributed by atoms with E-state index in [1.54, 1.807) is 12.1 Å². The van der Waals surface area contributed by atoms with Crippen molar-refractivity contribution in [2.75, 3.05) is 26.6 Å². The van der Waals surface area contributed by atoms with Crippen LogP contribution in [0.15, 0.2) is 72.8 Å². The second-order valence-corrected chi connectivity index (χ2v) is 8.02. The number of hydrogen-bond donors (Lipinski definition) is 2. The highest BCUT2D eigenvalue weighted by Gasteiger charge is 2.41. The van der Waals surface area contributed by atoms with E-state index < -0.39 is 42.0 Å². The summed E-state index contributed by atoms with van der Waals surface area (Å²) < 4.78 is 25.3. The molecule has 0 aliphatic rings. The van der Waals surface area contributed by atoms with Gasteiger partial charge in [-0.15, -0.1) is 0 Å². The van der Waals surface area contributed by atoms with Gasteiger partial charge in [0, 0.05) is 5.69 Å². The summed E-state index contributed by atoms with van der Waals surface area (Å²) in [7, 11) is 3.93. The molecule has 2 atom stereocenters. The molecule has 3 aromatic rings. The minimum atomic E-state index is -2.27. The van der Waals surface area contributed by atoms with E-state index in [0.717, 1.165) is 0 Å². The lowest BCUT2D eigenvalue weighted by Crippen LogP contribution is -2.48. The average molecular weight is 552 g/mol. The van der Waals surface area contributed by atoms with Crippen molar-refractivity contribution in [3.8, 4) is 11.5 Å².